The summed E-state index contributed by atoms with van der Waals surface area (Å²) in [5.74, 6) is -0.0468. The van der Waals surface area contributed by atoms with Crippen molar-refractivity contribution in [1.82, 2.24) is 5.32 Å². The van der Waals surface area contributed by atoms with Crippen molar-refractivity contribution in [3.05, 3.63) is 35.9 Å². The van der Waals surface area contributed by atoms with Gasteiger partial charge in [-0.15, -0.1) is 12.4 Å². The molecule has 1 unspecified atom stereocenters. The van der Waals surface area contributed by atoms with Crippen LogP contribution in [0, 0.1) is 5.92 Å². The van der Waals surface area contributed by atoms with E-state index in [-0.39, 0.29) is 29.8 Å². The van der Waals surface area contributed by atoms with E-state index in [1.165, 1.54) is 18.4 Å². The van der Waals surface area contributed by atoms with Crippen LogP contribution >= 0.6 is 12.4 Å². The van der Waals surface area contributed by atoms with Gasteiger partial charge in [0.1, 0.15) is 0 Å². The summed E-state index contributed by atoms with van der Waals surface area (Å²) in [7, 11) is 0. The van der Waals surface area contributed by atoms with E-state index in [1.807, 2.05) is 25.1 Å². The zero-order valence-corrected chi connectivity index (χ0v) is 12.2. The van der Waals surface area contributed by atoms with Gasteiger partial charge in [0.2, 0.25) is 5.91 Å². The van der Waals surface area contributed by atoms with Gasteiger partial charge in [0, 0.05) is 12.5 Å². The molecule has 0 aliphatic heterocycles. The molecule has 0 bridgehead atoms. The molecule has 1 aliphatic carbocycles. The van der Waals surface area contributed by atoms with Crippen LogP contribution in [0.4, 0.5) is 0 Å². The lowest BCUT2D eigenvalue weighted by molar-refractivity contribution is -0.126. The molecule has 1 aromatic carbocycles. The van der Waals surface area contributed by atoms with Gasteiger partial charge < -0.3 is 11.1 Å². The Hall–Kier alpha value is -1.06. The average Bonchev–Trinajstić information content (AvgIpc) is 2.88. The van der Waals surface area contributed by atoms with E-state index in [1.54, 1.807) is 0 Å². The number of amides is 1. The lowest BCUT2D eigenvalue weighted by Crippen LogP contribution is -2.47. The molecule has 3 nitrogen and oxygen atoms in total. The first-order valence-corrected chi connectivity index (χ1v) is 6.75. The van der Waals surface area contributed by atoms with E-state index in [9.17, 15) is 4.79 Å². The van der Waals surface area contributed by atoms with E-state index in [2.05, 4.69) is 17.4 Å². The number of benzene rings is 1. The molecule has 0 radical (unpaired) electrons. The maximum Gasteiger partial charge on any atom is 0.224 e. The zero-order chi connectivity index (χ0) is 13.0. The maximum absolute atomic E-state index is 12.1. The highest BCUT2D eigenvalue weighted by Crippen LogP contribution is 2.38. The van der Waals surface area contributed by atoms with Crippen molar-refractivity contribution in [1.29, 1.82) is 0 Å². The third kappa shape index (κ3) is 3.48. The van der Waals surface area contributed by atoms with Gasteiger partial charge in [0.15, 0.2) is 0 Å². The van der Waals surface area contributed by atoms with Crippen LogP contribution in [0.2, 0.25) is 0 Å². The Labute approximate surface area is 121 Å². The van der Waals surface area contributed by atoms with Gasteiger partial charge in [0.25, 0.3) is 0 Å². The van der Waals surface area contributed by atoms with Crippen LogP contribution in [-0.4, -0.2) is 12.5 Å². The average molecular weight is 283 g/mol. The van der Waals surface area contributed by atoms with Crippen molar-refractivity contribution in [2.45, 2.75) is 38.1 Å². The molecule has 4 heteroatoms. The predicted molar refractivity (Wildman–Crippen MR) is 80.2 cm³/mol. The summed E-state index contributed by atoms with van der Waals surface area (Å²) in [5.41, 5.74) is 6.63. The van der Waals surface area contributed by atoms with E-state index in [0.717, 1.165) is 12.8 Å². The van der Waals surface area contributed by atoms with E-state index < -0.39 is 0 Å². The Morgan fingerprint density at radius 2 is 1.89 bits per heavy atom. The first-order valence-electron chi connectivity index (χ1n) is 6.75. The van der Waals surface area contributed by atoms with Gasteiger partial charge in [-0.05, 0) is 18.4 Å². The largest absolute Gasteiger partial charge is 0.346 e. The van der Waals surface area contributed by atoms with Crippen molar-refractivity contribution in [2.75, 3.05) is 6.54 Å². The lowest BCUT2D eigenvalue weighted by Gasteiger charge is -2.32. The third-order valence-electron chi connectivity index (χ3n) is 3.95. The highest BCUT2D eigenvalue weighted by Gasteiger charge is 2.37. The third-order valence-corrected chi connectivity index (χ3v) is 3.95. The van der Waals surface area contributed by atoms with Crippen molar-refractivity contribution in [3.63, 3.8) is 0 Å². The van der Waals surface area contributed by atoms with Crippen molar-refractivity contribution < 1.29 is 4.79 Å². The molecule has 1 aliphatic rings. The smallest absolute Gasteiger partial charge is 0.224 e. The minimum Gasteiger partial charge on any atom is -0.346 e. The summed E-state index contributed by atoms with van der Waals surface area (Å²) in [5, 5.41) is 3.24. The molecule has 2 rings (SSSR count). The number of nitrogens with two attached hydrogens (primary N) is 1. The number of hydrogen-bond donors (Lipinski definition) is 2. The summed E-state index contributed by atoms with van der Waals surface area (Å²) < 4.78 is 0. The molecule has 0 saturated heterocycles. The second-order valence-electron chi connectivity index (χ2n) is 5.28. The SMILES string of the molecule is CC(CN)C(=O)NC1(c2ccccc2)CCCC1.Cl. The number of hydrogen-bond acceptors (Lipinski definition) is 2. The molecule has 1 aromatic rings. The first kappa shape index (κ1) is 16.0. The minimum absolute atomic E-state index is 0. The highest BCUT2D eigenvalue weighted by molar-refractivity contribution is 5.85. The van der Waals surface area contributed by atoms with Gasteiger partial charge in [-0.25, -0.2) is 0 Å². The topological polar surface area (TPSA) is 55.1 Å². The van der Waals surface area contributed by atoms with Gasteiger partial charge in [-0.1, -0.05) is 50.1 Å². The van der Waals surface area contributed by atoms with Gasteiger partial charge in [-0.2, -0.15) is 0 Å². The fourth-order valence-electron chi connectivity index (χ4n) is 2.69. The molecule has 106 valence electrons. The summed E-state index contributed by atoms with van der Waals surface area (Å²) >= 11 is 0. The zero-order valence-electron chi connectivity index (χ0n) is 11.4. The summed E-state index contributed by atoms with van der Waals surface area (Å²) in [4.78, 5) is 12.1. The van der Waals surface area contributed by atoms with E-state index in [0.29, 0.717) is 6.54 Å². The second kappa shape index (κ2) is 6.92. The lowest BCUT2D eigenvalue weighted by atomic mass is 9.87. The molecule has 0 aromatic heterocycles. The van der Waals surface area contributed by atoms with Crippen molar-refractivity contribution in [3.8, 4) is 0 Å². The Bertz CT molecular complexity index is 402. The maximum atomic E-state index is 12.1. The molecular weight excluding hydrogens is 260 g/mol. The summed E-state index contributed by atoms with van der Waals surface area (Å²) in [6.07, 6.45) is 4.40. The molecule has 3 N–H and O–H groups in total. The predicted octanol–water partition coefficient (Wildman–Crippen LogP) is 2.59. The first-order chi connectivity index (χ1) is 8.68. The van der Waals surface area contributed by atoms with Gasteiger partial charge in [-0.3, -0.25) is 4.79 Å². The normalized spacial score (nSPS) is 18.4. The Balaban J connectivity index is 0.00000180. The molecule has 1 amide bonds. The summed E-state index contributed by atoms with van der Waals surface area (Å²) in [6, 6.07) is 10.3. The number of halogens is 1. The highest BCUT2D eigenvalue weighted by atomic mass is 35.5. The van der Waals surface area contributed by atoms with Gasteiger partial charge >= 0.3 is 0 Å². The van der Waals surface area contributed by atoms with Crippen LogP contribution in [0.1, 0.15) is 38.2 Å². The number of rotatable bonds is 4. The number of carbonyl (C=O) groups excluding carboxylic acids is 1. The number of carbonyl (C=O) groups is 1. The molecule has 1 fully saturated rings. The molecule has 19 heavy (non-hydrogen) atoms. The van der Waals surface area contributed by atoms with Crippen molar-refractivity contribution >= 4 is 18.3 Å². The van der Waals surface area contributed by atoms with Crippen LogP contribution in [0.5, 0.6) is 0 Å². The summed E-state index contributed by atoms with van der Waals surface area (Å²) in [6.45, 7) is 2.28. The quantitative estimate of drug-likeness (QED) is 0.892. The second-order valence-corrected chi connectivity index (χ2v) is 5.28. The Morgan fingerprint density at radius 3 is 2.42 bits per heavy atom. The van der Waals surface area contributed by atoms with Crippen LogP contribution in [-0.2, 0) is 10.3 Å². The Kier molecular flexibility index (Phi) is 5.83. The van der Waals surface area contributed by atoms with E-state index >= 15 is 0 Å². The molecule has 1 saturated carbocycles. The molecule has 0 spiro atoms. The standard InChI is InChI=1S/C15H22N2O.ClH/c1-12(11-16)14(18)17-15(9-5-6-10-15)13-7-3-2-4-8-13;/h2-4,7-8,12H,5-6,9-11,16H2,1H3,(H,17,18);1H. The van der Waals surface area contributed by atoms with E-state index in [4.69, 9.17) is 5.73 Å². The van der Waals surface area contributed by atoms with Gasteiger partial charge in [0.05, 0.1) is 5.54 Å². The van der Waals surface area contributed by atoms with Crippen LogP contribution in [0.3, 0.4) is 0 Å². The van der Waals surface area contributed by atoms with Crippen molar-refractivity contribution in [2.24, 2.45) is 11.7 Å². The molecule has 0 heterocycles. The molecular formula is C15H23ClN2O. The number of nitrogens with one attached hydrogen (secondary N) is 1. The van der Waals surface area contributed by atoms with Crippen LogP contribution in [0.15, 0.2) is 30.3 Å². The molecule has 1 atom stereocenters. The van der Waals surface area contributed by atoms with Crippen LogP contribution < -0.4 is 11.1 Å². The Morgan fingerprint density at radius 1 is 1.32 bits per heavy atom. The minimum atomic E-state index is -0.165. The fraction of sp³-hybridized carbons (Fsp3) is 0.533. The monoisotopic (exact) mass is 282 g/mol. The fourth-order valence-corrected chi connectivity index (χ4v) is 2.69. The van der Waals surface area contributed by atoms with Crippen LogP contribution in [0.25, 0.3) is 0 Å².